The monoisotopic (exact) mass is 369 g/mol. The molecule has 0 aliphatic rings. The number of nitrogens with one attached hydrogen (secondary N) is 1. The fourth-order valence-corrected chi connectivity index (χ4v) is 3.21. The first kappa shape index (κ1) is 17.9. The minimum absolute atomic E-state index is 0.0830. The minimum atomic E-state index is -0.276. The number of aryl methyl sites for hydroxylation is 2. The SMILES string of the molecule is COc1ccc(-c2nnc(NC(=O)COc3cc(C)cc(C)c3)s2)cc1. The highest BCUT2D eigenvalue weighted by Gasteiger charge is 2.11. The highest BCUT2D eigenvalue weighted by atomic mass is 32.1. The molecule has 134 valence electrons. The van der Waals surface area contributed by atoms with E-state index in [2.05, 4.69) is 21.6 Å². The van der Waals surface area contributed by atoms with Crippen molar-refractivity contribution < 1.29 is 14.3 Å². The third-order valence-corrected chi connectivity index (χ3v) is 4.46. The molecule has 1 heterocycles. The van der Waals surface area contributed by atoms with Crippen LogP contribution in [0.3, 0.4) is 0 Å². The Morgan fingerprint density at radius 3 is 2.38 bits per heavy atom. The average molecular weight is 369 g/mol. The smallest absolute Gasteiger partial charge is 0.264 e. The zero-order valence-electron chi connectivity index (χ0n) is 14.8. The van der Waals surface area contributed by atoms with Crippen LogP contribution in [0.25, 0.3) is 10.6 Å². The molecule has 0 fully saturated rings. The number of anilines is 1. The number of hydrogen-bond acceptors (Lipinski definition) is 6. The Labute approximate surface area is 155 Å². The maximum atomic E-state index is 12.1. The number of carbonyl (C=O) groups excluding carboxylic acids is 1. The lowest BCUT2D eigenvalue weighted by atomic mass is 10.1. The van der Waals surface area contributed by atoms with Crippen LogP contribution in [0.15, 0.2) is 42.5 Å². The van der Waals surface area contributed by atoms with Crippen LogP contribution >= 0.6 is 11.3 Å². The zero-order valence-corrected chi connectivity index (χ0v) is 15.6. The van der Waals surface area contributed by atoms with Gasteiger partial charge < -0.3 is 9.47 Å². The first-order valence-electron chi connectivity index (χ1n) is 8.02. The van der Waals surface area contributed by atoms with Crippen molar-refractivity contribution in [3.8, 4) is 22.1 Å². The van der Waals surface area contributed by atoms with E-state index in [0.29, 0.717) is 10.9 Å². The standard InChI is InChI=1S/C19H19N3O3S/c1-12-8-13(2)10-16(9-12)25-11-17(23)20-19-22-21-18(26-19)14-4-6-15(24-3)7-5-14/h4-10H,11H2,1-3H3,(H,20,22,23). The highest BCUT2D eigenvalue weighted by Crippen LogP contribution is 2.27. The Morgan fingerprint density at radius 2 is 1.73 bits per heavy atom. The molecule has 0 aliphatic carbocycles. The lowest BCUT2D eigenvalue weighted by Gasteiger charge is -2.07. The van der Waals surface area contributed by atoms with Crippen LogP contribution in [0.5, 0.6) is 11.5 Å². The average Bonchev–Trinajstić information content (AvgIpc) is 3.08. The van der Waals surface area contributed by atoms with E-state index in [-0.39, 0.29) is 12.5 Å². The van der Waals surface area contributed by atoms with E-state index in [1.54, 1.807) is 7.11 Å². The van der Waals surface area contributed by atoms with Crippen LogP contribution < -0.4 is 14.8 Å². The topological polar surface area (TPSA) is 73.3 Å². The van der Waals surface area contributed by atoms with Gasteiger partial charge in [0, 0.05) is 5.56 Å². The van der Waals surface area contributed by atoms with E-state index in [1.807, 2.05) is 50.2 Å². The van der Waals surface area contributed by atoms with Crippen molar-refractivity contribution in [1.82, 2.24) is 10.2 Å². The number of methoxy groups -OCH3 is 1. The zero-order chi connectivity index (χ0) is 18.5. The van der Waals surface area contributed by atoms with Gasteiger partial charge in [-0.05, 0) is 61.4 Å². The predicted octanol–water partition coefficient (Wildman–Crippen LogP) is 3.85. The Bertz CT molecular complexity index is 886. The Hall–Kier alpha value is -2.93. The first-order chi connectivity index (χ1) is 12.5. The molecule has 0 saturated heterocycles. The summed E-state index contributed by atoms with van der Waals surface area (Å²) in [5.74, 6) is 1.17. The maximum Gasteiger partial charge on any atom is 0.264 e. The van der Waals surface area contributed by atoms with Crippen molar-refractivity contribution in [3.05, 3.63) is 53.6 Å². The molecule has 0 unspecified atom stereocenters. The molecule has 0 radical (unpaired) electrons. The second kappa shape index (κ2) is 7.97. The van der Waals surface area contributed by atoms with Crippen LogP contribution in [0.2, 0.25) is 0 Å². The van der Waals surface area contributed by atoms with E-state index >= 15 is 0 Å². The summed E-state index contributed by atoms with van der Waals surface area (Å²) in [6, 6.07) is 13.3. The van der Waals surface area contributed by atoms with Gasteiger partial charge in [-0.3, -0.25) is 10.1 Å². The molecule has 1 aromatic heterocycles. The number of rotatable bonds is 6. The molecule has 0 spiro atoms. The minimum Gasteiger partial charge on any atom is -0.497 e. The van der Waals surface area contributed by atoms with Crippen molar-refractivity contribution in [2.45, 2.75) is 13.8 Å². The normalized spacial score (nSPS) is 10.4. The summed E-state index contributed by atoms with van der Waals surface area (Å²) < 4.78 is 10.7. The van der Waals surface area contributed by atoms with Gasteiger partial charge >= 0.3 is 0 Å². The molecule has 0 atom stereocenters. The molecule has 2 aromatic carbocycles. The number of nitrogens with zero attached hydrogens (tertiary/aromatic N) is 2. The van der Waals surface area contributed by atoms with E-state index in [0.717, 1.165) is 27.4 Å². The van der Waals surface area contributed by atoms with Crippen molar-refractivity contribution in [2.24, 2.45) is 0 Å². The predicted molar refractivity (Wildman–Crippen MR) is 102 cm³/mol. The molecule has 1 N–H and O–H groups in total. The van der Waals surface area contributed by atoms with Crippen LogP contribution in [0.4, 0.5) is 5.13 Å². The van der Waals surface area contributed by atoms with Crippen LogP contribution in [-0.4, -0.2) is 29.8 Å². The molecule has 3 rings (SSSR count). The van der Waals surface area contributed by atoms with Crippen molar-refractivity contribution >= 4 is 22.4 Å². The van der Waals surface area contributed by atoms with Gasteiger partial charge in [0.1, 0.15) is 16.5 Å². The molecule has 3 aromatic rings. The number of carbonyl (C=O) groups is 1. The number of aromatic nitrogens is 2. The second-order valence-electron chi connectivity index (χ2n) is 5.80. The van der Waals surface area contributed by atoms with Crippen LogP contribution in [0, 0.1) is 13.8 Å². The van der Waals surface area contributed by atoms with E-state index < -0.39 is 0 Å². The fourth-order valence-electron chi connectivity index (χ4n) is 2.44. The molecule has 6 nitrogen and oxygen atoms in total. The van der Waals surface area contributed by atoms with Gasteiger partial charge in [0.25, 0.3) is 5.91 Å². The summed E-state index contributed by atoms with van der Waals surface area (Å²) in [4.78, 5) is 12.1. The first-order valence-corrected chi connectivity index (χ1v) is 8.84. The summed E-state index contributed by atoms with van der Waals surface area (Å²) in [5.41, 5.74) is 3.10. The van der Waals surface area contributed by atoms with Gasteiger partial charge in [0.15, 0.2) is 6.61 Å². The lowest BCUT2D eigenvalue weighted by molar-refractivity contribution is -0.118. The quantitative estimate of drug-likeness (QED) is 0.714. The fraction of sp³-hybridized carbons (Fsp3) is 0.211. The number of amides is 1. The Balaban J connectivity index is 1.58. The molecular weight excluding hydrogens is 350 g/mol. The van der Waals surface area contributed by atoms with Gasteiger partial charge in [-0.1, -0.05) is 17.4 Å². The summed E-state index contributed by atoms with van der Waals surface area (Å²) in [6.45, 7) is 3.89. The molecule has 0 bridgehead atoms. The molecular formula is C19H19N3O3S. The third kappa shape index (κ3) is 4.58. The molecule has 0 saturated carbocycles. The van der Waals surface area contributed by atoms with Crippen molar-refractivity contribution in [2.75, 3.05) is 19.0 Å². The number of benzene rings is 2. The molecule has 26 heavy (non-hydrogen) atoms. The summed E-state index contributed by atoms with van der Waals surface area (Å²) >= 11 is 1.30. The van der Waals surface area contributed by atoms with Gasteiger partial charge in [0.2, 0.25) is 5.13 Å². The summed E-state index contributed by atoms with van der Waals surface area (Å²) in [6.07, 6.45) is 0. The van der Waals surface area contributed by atoms with Gasteiger partial charge in [-0.2, -0.15) is 0 Å². The van der Waals surface area contributed by atoms with Crippen LogP contribution in [-0.2, 0) is 4.79 Å². The van der Waals surface area contributed by atoms with E-state index in [4.69, 9.17) is 9.47 Å². The molecule has 0 aliphatic heterocycles. The number of ether oxygens (including phenoxy) is 2. The van der Waals surface area contributed by atoms with Gasteiger partial charge in [0.05, 0.1) is 7.11 Å². The molecule has 7 heteroatoms. The van der Waals surface area contributed by atoms with E-state index in [1.165, 1.54) is 11.3 Å². The Kier molecular flexibility index (Phi) is 5.48. The highest BCUT2D eigenvalue weighted by molar-refractivity contribution is 7.18. The third-order valence-electron chi connectivity index (χ3n) is 3.57. The van der Waals surface area contributed by atoms with Gasteiger partial charge in [-0.25, -0.2) is 0 Å². The summed E-state index contributed by atoms with van der Waals surface area (Å²) in [7, 11) is 1.62. The Morgan fingerprint density at radius 1 is 1.04 bits per heavy atom. The van der Waals surface area contributed by atoms with Crippen molar-refractivity contribution in [3.63, 3.8) is 0 Å². The van der Waals surface area contributed by atoms with E-state index in [9.17, 15) is 4.79 Å². The van der Waals surface area contributed by atoms with Crippen molar-refractivity contribution in [1.29, 1.82) is 0 Å². The van der Waals surface area contributed by atoms with Gasteiger partial charge in [-0.15, -0.1) is 10.2 Å². The van der Waals surface area contributed by atoms with Crippen LogP contribution in [0.1, 0.15) is 11.1 Å². The second-order valence-corrected chi connectivity index (χ2v) is 6.78. The summed E-state index contributed by atoms with van der Waals surface area (Å²) in [5, 5.41) is 12.0. The number of hydrogen-bond donors (Lipinski definition) is 1. The molecule has 1 amide bonds. The largest absolute Gasteiger partial charge is 0.497 e. The lowest BCUT2D eigenvalue weighted by Crippen LogP contribution is -2.20. The maximum absolute atomic E-state index is 12.1.